The van der Waals surface area contributed by atoms with Crippen LogP contribution in [0.15, 0.2) is 0 Å². The van der Waals surface area contributed by atoms with Crippen LogP contribution in [0.3, 0.4) is 0 Å². The molecule has 0 bridgehead atoms. The molecule has 5 heteroatoms. The Balaban J connectivity index is 3.99. The van der Waals surface area contributed by atoms with Gasteiger partial charge in [-0.15, -0.1) is 0 Å². The van der Waals surface area contributed by atoms with Crippen LogP contribution < -0.4 is 0 Å². The second kappa shape index (κ2) is 6.62. The number of thioether (sulfide) groups is 1. The van der Waals surface area contributed by atoms with E-state index in [1.165, 1.54) is 11.8 Å². The van der Waals surface area contributed by atoms with Crippen molar-refractivity contribution >= 4 is 11.8 Å². The van der Waals surface area contributed by atoms with Gasteiger partial charge in [0.05, 0.1) is 12.7 Å². The number of hydrogen-bond acceptors (Lipinski definition) is 5. The van der Waals surface area contributed by atoms with E-state index >= 15 is 0 Å². The molecular weight excluding hydrogens is 192 g/mol. The summed E-state index contributed by atoms with van der Waals surface area (Å²) in [7, 11) is 0. The summed E-state index contributed by atoms with van der Waals surface area (Å²) in [5, 5.41) is 36.2. The van der Waals surface area contributed by atoms with E-state index in [9.17, 15) is 10.2 Å². The van der Waals surface area contributed by atoms with Gasteiger partial charge in [-0.1, -0.05) is 13.8 Å². The van der Waals surface area contributed by atoms with Crippen molar-refractivity contribution in [3.05, 3.63) is 0 Å². The summed E-state index contributed by atoms with van der Waals surface area (Å²) >= 11 is 1.49. The molecule has 0 aromatic heterocycles. The Kier molecular flexibility index (Phi) is 6.71. The highest BCUT2D eigenvalue weighted by Gasteiger charge is 2.28. The van der Waals surface area contributed by atoms with Gasteiger partial charge < -0.3 is 20.4 Å². The lowest BCUT2D eigenvalue weighted by molar-refractivity contribution is -0.0749. The summed E-state index contributed by atoms with van der Waals surface area (Å²) in [5.41, 5.74) is 0. The van der Waals surface area contributed by atoms with Crippen molar-refractivity contribution in [1.82, 2.24) is 0 Å². The van der Waals surface area contributed by atoms with Gasteiger partial charge in [0.2, 0.25) is 0 Å². The predicted octanol–water partition coefficient (Wildman–Crippen LogP) is -0.797. The van der Waals surface area contributed by atoms with Gasteiger partial charge in [0.25, 0.3) is 0 Å². The number of hydrogen-bond donors (Lipinski definition) is 4. The van der Waals surface area contributed by atoms with Crippen molar-refractivity contribution < 1.29 is 20.4 Å². The van der Waals surface area contributed by atoms with Gasteiger partial charge in [-0.05, 0) is 5.75 Å². The molecule has 0 radical (unpaired) electrons. The third kappa shape index (κ3) is 4.28. The lowest BCUT2D eigenvalue weighted by atomic mass is 10.1. The third-order valence-corrected chi connectivity index (χ3v) is 2.98. The van der Waals surface area contributed by atoms with Crippen LogP contribution in [0.25, 0.3) is 0 Å². The maximum atomic E-state index is 9.48. The zero-order valence-electron chi connectivity index (χ0n) is 7.92. The SMILES string of the molecule is CCSC(C)[C@H](O)[C@@H](O)[C@@H](O)CO. The summed E-state index contributed by atoms with van der Waals surface area (Å²) < 4.78 is 0. The first-order valence-corrected chi connectivity index (χ1v) is 5.36. The molecule has 1 unspecified atom stereocenters. The van der Waals surface area contributed by atoms with Crippen molar-refractivity contribution in [3.63, 3.8) is 0 Å². The molecule has 0 amide bonds. The molecule has 0 aliphatic carbocycles. The molecule has 80 valence electrons. The van der Waals surface area contributed by atoms with Crippen LogP contribution >= 0.6 is 11.8 Å². The topological polar surface area (TPSA) is 80.9 Å². The highest BCUT2D eigenvalue weighted by molar-refractivity contribution is 7.99. The molecular formula is C8H18O4S. The average Bonchev–Trinajstić information content (AvgIpc) is 2.14. The van der Waals surface area contributed by atoms with Crippen molar-refractivity contribution in [2.45, 2.75) is 37.4 Å². The van der Waals surface area contributed by atoms with E-state index in [-0.39, 0.29) is 5.25 Å². The van der Waals surface area contributed by atoms with Crippen LogP contribution in [0.4, 0.5) is 0 Å². The van der Waals surface area contributed by atoms with Crippen LogP contribution in [0.1, 0.15) is 13.8 Å². The van der Waals surface area contributed by atoms with Crippen molar-refractivity contribution in [3.8, 4) is 0 Å². The molecule has 0 aromatic rings. The molecule has 0 saturated heterocycles. The minimum absolute atomic E-state index is 0.152. The van der Waals surface area contributed by atoms with Gasteiger partial charge in [0.15, 0.2) is 0 Å². The predicted molar refractivity (Wildman–Crippen MR) is 52.7 cm³/mol. The highest BCUT2D eigenvalue weighted by atomic mass is 32.2. The Morgan fingerprint density at radius 2 is 1.69 bits per heavy atom. The first-order valence-electron chi connectivity index (χ1n) is 4.31. The highest BCUT2D eigenvalue weighted by Crippen LogP contribution is 2.17. The smallest absolute Gasteiger partial charge is 0.109 e. The molecule has 4 N–H and O–H groups in total. The average molecular weight is 210 g/mol. The number of aliphatic hydroxyl groups is 4. The van der Waals surface area contributed by atoms with Gasteiger partial charge in [0.1, 0.15) is 12.2 Å². The standard InChI is InChI=1S/C8H18O4S/c1-3-13-5(2)7(11)8(12)6(10)4-9/h5-12H,3-4H2,1-2H3/t5?,6-,7-,8-/m0/s1. The number of aliphatic hydroxyl groups excluding tert-OH is 4. The molecule has 13 heavy (non-hydrogen) atoms. The monoisotopic (exact) mass is 210 g/mol. The molecule has 0 rings (SSSR count). The molecule has 4 atom stereocenters. The summed E-state index contributed by atoms with van der Waals surface area (Å²) in [6.07, 6.45) is -3.55. The van der Waals surface area contributed by atoms with E-state index in [1.54, 1.807) is 6.92 Å². The molecule has 0 aliphatic heterocycles. The fourth-order valence-electron chi connectivity index (χ4n) is 0.975. The van der Waals surface area contributed by atoms with E-state index in [2.05, 4.69) is 0 Å². The van der Waals surface area contributed by atoms with Crippen molar-refractivity contribution in [2.24, 2.45) is 0 Å². The van der Waals surface area contributed by atoms with E-state index in [0.717, 1.165) is 5.75 Å². The van der Waals surface area contributed by atoms with Crippen molar-refractivity contribution in [1.29, 1.82) is 0 Å². The van der Waals surface area contributed by atoms with Gasteiger partial charge in [-0.3, -0.25) is 0 Å². The normalized spacial score (nSPS) is 20.8. The lowest BCUT2D eigenvalue weighted by Gasteiger charge is -2.25. The second-order valence-corrected chi connectivity index (χ2v) is 4.55. The van der Waals surface area contributed by atoms with Gasteiger partial charge in [-0.25, -0.2) is 0 Å². The number of rotatable bonds is 6. The van der Waals surface area contributed by atoms with Gasteiger partial charge >= 0.3 is 0 Å². The van der Waals surface area contributed by atoms with Gasteiger partial charge in [0, 0.05) is 5.25 Å². The maximum Gasteiger partial charge on any atom is 0.109 e. The fourth-order valence-corrected chi connectivity index (χ4v) is 1.86. The fraction of sp³-hybridized carbons (Fsp3) is 1.00. The van der Waals surface area contributed by atoms with Crippen LogP contribution in [-0.2, 0) is 0 Å². The van der Waals surface area contributed by atoms with E-state index in [0.29, 0.717) is 0 Å². The van der Waals surface area contributed by atoms with E-state index in [4.69, 9.17) is 10.2 Å². The lowest BCUT2D eigenvalue weighted by Crippen LogP contribution is -2.43. The zero-order valence-corrected chi connectivity index (χ0v) is 8.74. The largest absolute Gasteiger partial charge is 0.394 e. The van der Waals surface area contributed by atoms with E-state index < -0.39 is 24.9 Å². The Labute approximate surface area is 82.6 Å². The molecule has 4 nitrogen and oxygen atoms in total. The summed E-state index contributed by atoms with van der Waals surface area (Å²) in [6.45, 7) is 3.18. The van der Waals surface area contributed by atoms with Crippen LogP contribution in [0.2, 0.25) is 0 Å². The molecule has 0 aliphatic rings. The van der Waals surface area contributed by atoms with Crippen LogP contribution in [0.5, 0.6) is 0 Å². The molecule has 0 fully saturated rings. The Morgan fingerprint density at radius 3 is 2.08 bits per heavy atom. The quantitative estimate of drug-likeness (QED) is 0.462. The van der Waals surface area contributed by atoms with E-state index in [1.807, 2.05) is 6.92 Å². The maximum absolute atomic E-state index is 9.48. The molecule has 0 spiro atoms. The third-order valence-electron chi connectivity index (χ3n) is 1.84. The van der Waals surface area contributed by atoms with Crippen molar-refractivity contribution in [2.75, 3.05) is 12.4 Å². The summed E-state index contributed by atoms with van der Waals surface area (Å²) in [4.78, 5) is 0. The minimum atomic E-state index is -1.28. The molecule has 0 heterocycles. The van der Waals surface area contributed by atoms with Gasteiger partial charge in [-0.2, -0.15) is 11.8 Å². The first kappa shape index (κ1) is 13.2. The Bertz CT molecular complexity index is 133. The minimum Gasteiger partial charge on any atom is -0.394 e. The zero-order chi connectivity index (χ0) is 10.4. The molecule has 0 saturated carbocycles. The molecule has 0 aromatic carbocycles. The van der Waals surface area contributed by atoms with Crippen LogP contribution in [0, 0.1) is 0 Å². The first-order chi connectivity index (χ1) is 6.04. The Hall–Kier alpha value is 0.190. The Morgan fingerprint density at radius 1 is 1.15 bits per heavy atom. The van der Waals surface area contributed by atoms with Crippen LogP contribution in [-0.4, -0.2) is 56.3 Å². The second-order valence-electron chi connectivity index (χ2n) is 2.89. The summed E-state index contributed by atoms with van der Waals surface area (Å²) in [5.74, 6) is 0.833. The summed E-state index contributed by atoms with van der Waals surface area (Å²) in [6, 6.07) is 0.